The number of nitrogens with one attached hydrogen (secondary N) is 2. The maximum Gasteiger partial charge on any atom is 0.417 e. The molecule has 200 valence electrons. The lowest BCUT2D eigenvalue weighted by molar-refractivity contribution is -0.139. The van der Waals surface area contributed by atoms with E-state index in [1.807, 2.05) is 0 Å². The van der Waals surface area contributed by atoms with Crippen molar-refractivity contribution in [1.29, 1.82) is 0 Å². The van der Waals surface area contributed by atoms with Crippen LogP contribution in [0, 0.1) is 13.8 Å². The van der Waals surface area contributed by atoms with Crippen molar-refractivity contribution in [2.75, 3.05) is 13.2 Å². The fourth-order valence-corrected chi connectivity index (χ4v) is 3.74. The Bertz CT molecular complexity index is 1410. The Morgan fingerprint density at radius 1 is 1.11 bits per heavy atom. The molecule has 2 N–H and O–H groups in total. The van der Waals surface area contributed by atoms with Crippen LogP contribution >= 0.6 is 0 Å². The van der Waals surface area contributed by atoms with Crippen LogP contribution in [0.15, 0.2) is 52.3 Å². The first-order chi connectivity index (χ1) is 18.0. The summed E-state index contributed by atoms with van der Waals surface area (Å²) in [6.45, 7) is 4.38. The summed E-state index contributed by atoms with van der Waals surface area (Å²) in [6.07, 6.45) is -2.71. The number of aromatic nitrogens is 3. The number of halogens is 3. The highest BCUT2D eigenvalue weighted by Gasteiger charge is 2.36. The van der Waals surface area contributed by atoms with Gasteiger partial charge in [-0.05, 0) is 45.0 Å². The van der Waals surface area contributed by atoms with Crippen molar-refractivity contribution in [1.82, 2.24) is 25.4 Å². The molecule has 0 radical (unpaired) electrons. The average molecular weight is 533 g/mol. The van der Waals surface area contributed by atoms with E-state index >= 15 is 0 Å². The molecule has 0 aromatic carbocycles. The highest BCUT2D eigenvalue weighted by molar-refractivity contribution is 5.95. The fraction of sp³-hybridized carbons (Fsp3) is 0.292. The van der Waals surface area contributed by atoms with Crippen LogP contribution in [0.25, 0.3) is 5.82 Å². The monoisotopic (exact) mass is 533 g/mol. The molecule has 11 nitrogen and oxygen atoms in total. The van der Waals surface area contributed by atoms with Crippen molar-refractivity contribution in [3.05, 3.63) is 76.3 Å². The number of pyridine rings is 1. The Morgan fingerprint density at radius 3 is 2.47 bits per heavy atom. The second-order valence-corrected chi connectivity index (χ2v) is 8.13. The molecule has 0 bridgehead atoms. The molecule has 1 atom stereocenters. The van der Waals surface area contributed by atoms with Gasteiger partial charge in [-0.3, -0.25) is 0 Å². The summed E-state index contributed by atoms with van der Waals surface area (Å²) in [5.74, 6) is -0.703. The van der Waals surface area contributed by atoms with E-state index in [1.165, 1.54) is 17.8 Å². The van der Waals surface area contributed by atoms with E-state index in [1.54, 1.807) is 26.0 Å². The minimum absolute atomic E-state index is 0.00320. The highest BCUT2D eigenvalue weighted by atomic mass is 19.4. The van der Waals surface area contributed by atoms with Crippen molar-refractivity contribution in [3.8, 4) is 5.82 Å². The zero-order chi connectivity index (χ0) is 27.6. The molecule has 38 heavy (non-hydrogen) atoms. The topological polar surface area (TPSA) is 138 Å². The zero-order valence-corrected chi connectivity index (χ0v) is 20.4. The highest BCUT2D eigenvalue weighted by Crippen LogP contribution is 2.30. The summed E-state index contributed by atoms with van der Waals surface area (Å²) in [5.41, 5.74) is -0.684. The number of furan rings is 1. The molecule has 1 aliphatic rings. The van der Waals surface area contributed by atoms with Crippen molar-refractivity contribution in [3.63, 3.8) is 0 Å². The minimum atomic E-state index is -4.55. The lowest BCUT2D eigenvalue weighted by Crippen LogP contribution is -2.47. The summed E-state index contributed by atoms with van der Waals surface area (Å²) in [6, 6.07) is 3.59. The average Bonchev–Trinajstić information content (AvgIpc) is 3.47. The van der Waals surface area contributed by atoms with Crippen LogP contribution in [-0.4, -0.2) is 45.9 Å². The SMILES string of the molecule is CCOC(=O)C1=C(COC(=O)c2cnn(-c3ccc(C(F)(F)F)cn3)c2C)NC(=O)N[C@@H]1c1ccc(C)o1. The molecule has 1 aliphatic heterocycles. The van der Waals surface area contributed by atoms with Crippen LogP contribution in [0.5, 0.6) is 0 Å². The van der Waals surface area contributed by atoms with E-state index in [4.69, 9.17) is 13.9 Å². The smallest absolute Gasteiger partial charge is 0.417 e. The summed E-state index contributed by atoms with van der Waals surface area (Å²) in [5, 5.41) is 9.09. The van der Waals surface area contributed by atoms with Crippen molar-refractivity contribution in [2.24, 2.45) is 0 Å². The Hall–Kier alpha value is -4.62. The van der Waals surface area contributed by atoms with Crippen molar-refractivity contribution < 1.29 is 41.4 Å². The summed E-state index contributed by atoms with van der Waals surface area (Å²) in [7, 11) is 0. The maximum absolute atomic E-state index is 12.8. The number of urea groups is 1. The molecule has 0 fully saturated rings. The van der Waals surface area contributed by atoms with Gasteiger partial charge in [-0.1, -0.05) is 0 Å². The molecule has 0 saturated carbocycles. The molecule has 0 spiro atoms. The van der Waals surface area contributed by atoms with Gasteiger partial charge in [-0.25, -0.2) is 24.0 Å². The standard InChI is InChI=1S/C24H22F3N5O6/c1-4-36-22(34)19-16(30-23(35)31-20(19)17-7-5-12(2)38-17)11-37-21(33)15-10-29-32(13(15)3)18-8-6-14(9-28-18)24(25,26)27/h5-10,20H,4,11H2,1-3H3,(H2,30,31,35)/t20-/m1/s1. The summed E-state index contributed by atoms with van der Waals surface area (Å²) in [4.78, 5) is 41.7. The van der Waals surface area contributed by atoms with Gasteiger partial charge in [0.05, 0.1) is 35.3 Å². The van der Waals surface area contributed by atoms with E-state index in [-0.39, 0.29) is 40.7 Å². The molecule has 0 unspecified atom stereocenters. The molecular formula is C24H22F3N5O6. The Morgan fingerprint density at radius 2 is 1.87 bits per heavy atom. The summed E-state index contributed by atoms with van der Waals surface area (Å²) >= 11 is 0. The largest absolute Gasteiger partial charge is 0.464 e. The Balaban J connectivity index is 1.57. The van der Waals surface area contributed by atoms with Crippen LogP contribution in [0.1, 0.15) is 46.1 Å². The zero-order valence-electron chi connectivity index (χ0n) is 20.4. The normalized spacial score (nSPS) is 15.6. The molecule has 4 heterocycles. The number of alkyl halides is 3. The third-order valence-corrected chi connectivity index (χ3v) is 5.56. The quantitative estimate of drug-likeness (QED) is 0.440. The molecule has 3 aromatic rings. The summed E-state index contributed by atoms with van der Waals surface area (Å²) < 4.78 is 55.7. The number of rotatable bonds is 7. The van der Waals surface area contributed by atoms with Gasteiger partial charge in [0.1, 0.15) is 29.7 Å². The van der Waals surface area contributed by atoms with Crippen LogP contribution < -0.4 is 10.6 Å². The Kier molecular flexibility index (Phi) is 7.23. The van der Waals surface area contributed by atoms with Gasteiger partial charge in [0.15, 0.2) is 5.82 Å². The van der Waals surface area contributed by atoms with E-state index in [9.17, 15) is 27.6 Å². The number of esters is 2. The molecule has 14 heteroatoms. The van der Waals surface area contributed by atoms with Gasteiger partial charge in [-0.2, -0.15) is 18.3 Å². The molecular weight excluding hydrogens is 511 g/mol. The Labute approximate surface area is 213 Å². The third-order valence-electron chi connectivity index (χ3n) is 5.56. The predicted molar refractivity (Wildman–Crippen MR) is 123 cm³/mol. The molecule has 4 rings (SSSR count). The first-order valence-electron chi connectivity index (χ1n) is 11.3. The number of carbonyl (C=O) groups is 3. The first kappa shape index (κ1) is 26.4. The van der Waals surface area contributed by atoms with E-state index < -0.39 is 42.4 Å². The number of hydrogen-bond donors (Lipinski definition) is 2. The minimum Gasteiger partial charge on any atom is -0.464 e. The van der Waals surface area contributed by atoms with Gasteiger partial charge in [0, 0.05) is 6.20 Å². The fourth-order valence-electron chi connectivity index (χ4n) is 3.74. The van der Waals surface area contributed by atoms with Crippen LogP contribution in [0.4, 0.5) is 18.0 Å². The van der Waals surface area contributed by atoms with Gasteiger partial charge in [0.25, 0.3) is 0 Å². The maximum atomic E-state index is 12.8. The first-order valence-corrected chi connectivity index (χ1v) is 11.3. The van der Waals surface area contributed by atoms with Gasteiger partial charge in [0.2, 0.25) is 0 Å². The van der Waals surface area contributed by atoms with Gasteiger partial charge in [-0.15, -0.1) is 0 Å². The van der Waals surface area contributed by atoms with E-state index in [0.717, 1.165) is 12.1 Å². The van der Waals surface area contributed by atoms with Gasteiger partial charge < -0.3 is 24.5 Å². The van der Waals surface area contributed by atoms with Crippen LogP contribution in [0.3, 0.4) is 0 Å². The van der Waals surface area contributed by atoms with Crippen molar-refractivity contribution >= 4 is 18.0 Å². The predicted octanol–water partition coefficient (Wildman–Crippen LogP) is 3.52. The molecule has 0 saturated heterocycles. The van der Waals surface area contributed by atoms with Crippen LogP contribution in [-0.2, 0) is 20.4 Å². The second-order valence-electron chi connectivity index (χ2n) is 8.13. The number of nitrogens with zero attached hydrogens (tertiary/aromatic N) is 3. The second kappa shape index (κ2) is 10.4. The number of amides is 2. The van der Waals surface area contributed by atoms with E-state index in [2.05, 4.69) is 20.7 Å². The lowest BCUT2D eigenvalue weighted by Gasteiger charge is -2.27. The lowest BCUT2D eigenvalue weighted by atomic mass is 10.0. The number of hydrogen-bond acceptors (Lipinski definition) is 8. The number of carbonyl (C=O) groups excluding carboxylic acids is 3. The molecule has 2 amide bonds. The van der Waals surface area contributed by atoms with Gasteiger partial charge >= 0.3 is 24.1 Å². The number of aryl methyl sites for hydroxylation is 1. The van der Waals surface area contributed by atoms with E-state index in [0.29, 0.717) is 12.0 Å². The third kappa shape index (κ3) is 5.38. The molecule has 3 aromatic heterocycles. The van der Waals surface area contributed by atoms with Crippen molar-refractivity contribution in [2.45, 2.75) is 33.0 Å². The molecule has 0 aliphatic carbocycles. The number of ether oxygens (including phenoxy) is 2. The van der Waals surface area contributed by atoms with Crippen LogP contribution in [0.2, 0.25) is 0 Å².